The Kier molecular flexibility index (Phi) is 5.96. The summed E-state index contributed by atoms with van der Waals surface area (Å²) in [6.45, 7) is 5.07. The predicted octanol–water partition coefficient (Wildman–Crippen LogP) is 1.95. The second-order valence-electron chi connectivity index (χ2n) is 6.27. The first-order chi connectivity index (χ1) is 12.7. The van der Waals surface area contributed by atoms with E-state index in [-0.39, 0.29) is 11.7 Å². The normalized spacial score (nSPS) is 14.9. The van der Waals surface area contributed by atoms with Gasteiger partial charge < -0.3 is 20.1 Å². The lowest BCUT2D eigenvalue weighted by molar-refractivity contribution is 0.0945. The van der Waals surface area contributed by atoms with Gasteiger partial charge in [-0.3, -0.25) is 9.69 Å². The summed E-state index contributed by atoms with van der Waals surface area (Å²) >= 11 is 0. The molecule has 6 nitrogen and oxygen atoms in total. The van der Waals surface area contributed by atoms with Crippen LogP contribution in [0.15, 0.2) is 48.5 Å². The summed E-state index contributed by atoms with van der Waals surface area (Å²) in [7, 11) is 1.70. The molecule has 0 aromatic heterocycles. The molecule has 1 aliphatic rings. The second-order valence-corrected chi connectivity index (χ2v) is 6.27. The maximum atomic E-state index is 12.1. The van der Waals surface area contributed by atoms with Crippen LogP contribution in [0, 0.1) is 0 Å². The molecule has 1 amide bonds. The average Bonchev–Trinajstić information content (AvgIpc) is 2.69. The Morgan fingerprint density at radius 1 is 1.08 bits per heavy atom. The molecule has 2 aromatic carbocycles. The lowest BCUT2D eigenvalue weighted by atomic mass is 10.2. The third-order valence-corrected chi connectivity index (χ3v) is 4.66. The van der Waals surface area contributed by atoms with Gasteiger partial charge in [-0.05, 0) is 24.3 Å². The van der Waals surface area contributed by atoms with E-state index in [1.807, 2.05) is 18.2 Å². The van der Waals surface area contributed by atoms with Gasteiger partial charge in [-0.1, -0.05) is 24.3 Å². The van der Waals surface area contributed by atoms with E-state index in [0.29, 0.717) is 12.1 Å². The number of rotatable bonds is 6. The van der Waals surface area contributed by atoms with Gasteiger partial charge in [0, 0.05) is 39.3 Å². The number of nitrogens with zero attached hydrogens (tertiary/aromatic N) is 2. The lowest BCUT2D eigenvalue weighted by Gasteiger charge is -2.36. The van der Waals surface area contributed by atoms with Crippen LogP contribution in [0.4, 0.5) is 5.69 Å². The number of ether oxygens (including phenoxy) is 1. The Morgan fingerprint density at radius 3 is 2.50 bits per heavy atom. The number of hydrogen-bond acceptors (Lipinski definition) is 5. The Labute approximate surface area is 154 Å². The van der Waals surface area contributed by atoms with Crippen LogP contribution >= 0.6 is 0 Å². The number of anilines is 1. The van der Waals surface area contributed by atoms with Gasteiger partial charge in [0.05, 0.1) is 18.4 Å². The number of methoxy groups -OCH3 is 1. The van der Waals surface area contributed by atoms with Crippen LogP contribution in [0.1, 0.15) is 10.4 Å². The first kappa shape index (κ1) is 18.1. The molecule has 3 rings (SSSR count). The van der Waals surface area contributed by atoms with Gasteiger partial charge in [0.1, 0.15) is 11.5 Å². The van der Waals surface area contributed by atoms with E-state index in [0.717, 1.165) is 44.2 Å². The van der Waals surface area contributed by atoms with Crippen LogP contribution < -0.4 is 15.0 Å². The molecule has 0 spiro atoms. The highest BCUT2D eigenvalue weighted by atomic mass is 16.5. The van der Waals surface area contributed by atoms with Crippen molar-refractivity contribution in [1.29, 1.82) is 0 Å². The SMILES string of the molecule is COc1ccccc1N1CCN(CCNC(=O)c2ccccc2O)CC1. The minimum Gasteiger partial charge on any atom is -0.507 e. The maximum absolute atomic E-state index is 12.1. The number of para-hydroxylation sites is 3. The molecule has 0 unspecified atom stereocenters. The standard InChI is InChI=1S/C20H25N3O3/c1-26-19-9-5-3-7-17(19)23-14-12-22(13-15-23)11-10-21-20(25)16-6-2-4-8-18(16)24/h2-9,24H,10-15H2,1H3,(H,21,25). The number of nitrogens with one attached hydrogen (secondary N) is 1. The summed E-state index contributed by atoms with van der Waals surface area (Å²) in [4.78, 5) is 16.8. The fourth-order valence-electron chi connectivity index (χ4n) is 3.19. The number of carbonyl (C=O) groups is 1. The largest absolute Gasteiger partial charge is 0.507 e. The molecule has 2 N–H and O–H groups in total. The van der Waals surface area contributed by atoms with Gasteiger partial charge in [0.2, 0.25) is 0 Å². The molecular weight excluding hydrogens is 330 g/mol. The van der Waals surface area contributed by atoms with E-state index >= 15 is 0 Å². The molecule has 138 valence electrons. The molecule has 1 heterocycles. The molecule has 0 atom stereocenters. The van der Waals surface area contributed by atoms with Crippen molar-refractivity contribution in [2.75, 3.05) is 51.3 Å². The Morgan fingerprint density at radius 2 is 1.77 bits per heavy atom. The zero-order valence-corrected chi connectivity index (χ0v) is 15.0. The van der Waals surface area contributed by atoms with Crippen molar-refractivity contribution in [3.63, 3.8) is 0 Å². The highest BCUT2D eigenvalue weighted by Crippen LogP contribution is 2.28. The number of carbonyl (C=O) groups excluding carboxylic acids is 1. The first-order valence-electron chi connectivity index (χ1n) is 8.85. The minimum absolute atomic E-state index is 0.00965. The fraction of sp³-hybridized carbons (Fsp3) is 0.350. The van der Waals surface area contributed by atoms with E-state index < -0.39 is 0 Å². The summed E-state index contributed by atoms with van der Waals surface area (Å²) in [5.41, 5.74) is 1.44. The summed E-state index contributed by atoms with van der Waals surface area (Å²) in [6, 6.07) is 14.7. The van der Waals surface area contributed by atoms with E-state index in [9.17, 15) is 9.90 Å². The molecule has 1 aliphatic heterocycles. The molecule has 6 heteroatoms. The number of phenols is 1. The smallest absolute Gasteiger partial charge is 0.255 e. The maximum Gasteiger partial charge on any atom is 0.255 e. The van der Waals surface area contributed by atoms with Crippen molar-refractivity contribution in [3.05, 3.63) is 54.1 Å². The zero-order chi connectivity index (χ0) is 18.4. The second kappa shape index (κ2) is 8.58. The van der Waals surface area contributed by atoms with Gasteiger partial charge in [-0.15, -0.1) is 0 Å². The Bertz CT molecular complexity index is 743. The summed E-state index contributed by atoms with van der Waals surface area (Å²) in [5.74, 6) is 0.669. The number of phenolic OH excluding ortho intramolecular Hbond substituents is 1. The topological polar surface area (TPSA) is 65.0 Å². The van der Waals surface area contributed by atoms with E-state index in [2.05, 4.69) is 21.2 Å². The van der Waals surface area contributed by atoms with E-state index in [4.69, 9.17) is 4.74 Å². The van der Waals surface area contributed by atoms with Gasteiger partial charge in [-0.2, -0.15) is 0 Å². The quantitative estimate of drug-likeness (QED) is 0.829. The third-order valence-electron chi connectivity index (χ3n) is 4.66. The monoisotopic (exact) mass is 355 g/mol. The van der Waals surface area contributed by atoms with Gasteiger partial charge in [-0.25, -0.2) is 0 Å². The minimum atomic E-state index is -0.240. The van der Waals surface area contributed by atoms with Crippen molar-refractivity contribution >= 4 is 11.6 Å². The Balaban J connectivity index is 1.45. The highest BCUT2D eigenvalue weighted by Gasteiger charge is 2.19. The molecule has 0 radical (unpaired) electrons. The number of piperazine rings is 1. The third kappa shape index (κ3) is 4.26. The predicted molar refractivity (Wildman–Crippen MR) is 102 cm³/mol. The van der Waals surface area contributed by atoms with Crippen molar-refractivity contribution in [3.8, 4) is 11.5 Å². The molecule has 26 heavy (non-hydrogen) atoms. The van der Waals surface area contributed by atoms with Crippen molar-refractivity contribution in [2.45, 2.75) is 0 Å². The first-order valence-corrected chi connectivity index (χ1v) is 8.85. The van der Waals surface area contributed by atoms with Crippen LogP contribution in [0.5, 0.6) is 11.5 Å². The average molecular weight is 355 g/mol. The summed E-state index contributed by atoms with van der Waals surface area (Å²) in [5, 5.41) is 12.6. The van der Waals surface area contributed by atoms with Crippen LogP contribution in [0.2, 0.25) is 0 Å². The lowest BCUT2D eigenvalue weighted by Crippen LogP contribution is -2.48. The fourth-order valence-corrected chi connectivity index (χ4v) is 3.19. The van der Waals surface area contributed by atoms with Crippen LogP contribution in [0.25, 0.3) is 0 Å². The zero-order valence-electron chi connectivity index (χ0n) is 15.0. The number of aromatic hydroxyl groups is 1. The Hall–Kier alpha value is -2.73. The van der Waals surface area contributed by atoms with Gasteiger partial charge in [0.25, 0.3) is 5.91 Å². The summed E-state index contributed by atoms with van der Waals surface area (Å²) in [6.07, 6.45) is 0. The molecule has 2 aromatic rings. The van der Waals surface area contributed by atoms with Gasteiger partial charge >= 0.3 is 0 Å². The molecule has 0 bridgehead atoms. The molecule has 1 fully saturated rings. The number of hydrogen-bond donors (Lipinski definition) is 2. The van der Waals surface area contributed by atoms with Gasteiger partial charge in [0.15, 0.2) is 0 Å². The molecule has 1 saturated heterocycles. The van der Waals surface area contributed by atoms with E-state index in [1.54, 1.807) is 25.3 Å². The van der Waals surface area contributed by atoms with E-state index in [1.165, 1.54) is 6.07 Å². The van der Waals surface area contributed by atoms with Crippen molar-refractivity contribution in [2.24, 2.45) is 0 Å². The van der Waals surface area contributed by atoms with Crippen LogP contribution in [-0.4, -0.2) is 62.3 Å². The highest BCUT2D eigenvalue weighted by molar-refractivity contribution is 5.96. The van der Waals surface area contributed by atoms with Crippen molar-refractivity contribution < 1.29 is 14.6 Å². The molecule has 0 saturated carbocycles. The molecule has 0 aliphatic carbocycles. The van der Waals surface area contributed by atoms with Crippen LogP contribution in [-0.2, 0) is 0 Å². The number of benzene rings is 2. The van der Waals surface area contributed by atoms with Crippen LogP contribution in [0.3, 0.4) is 0 Å². The van der Waals surface area contributed by atoms with Crippen molar-refractivity contribution in [1.82, 2.24) is 10.2 Å². The number of amides is 1. The molecular formula is C20H25N3O3. The summed E-state index contributed by atoms with van der Waals surface area (Å²) < 4.78 is 5.45.